The number of benzene rings is 2. The van der Waals surface area contributed by atoms with E-state index in [0.29, 0.717) is 21.9 Å². The lowest BCUT2D eigenvalue weighted by molar-refractivity contribution is -0.144. The van der Waals surface area contributed by atoms with Gasteiger partial charge in [-0.3, -0.25) is 4.79 Å². The molecule has 0 spiro atoms. The van der Waals surface area contributed by atoms with Gasteiger partial charge in [0.05, 0.1) is 13.3 Å². The van der Waals surface area contributed by atoms with Crippen LogP contribution in [0.1, 0.15) is 22.8 Å². The summed E-state index contributed by atoms with van der Waals surface area (Å²) in [5.74, 6) is -0.991. The van der Waals surface area contributed by atoms with Gasteiger partial charge >= 0.3 is 5.97 Å². The molecule has 0 aromatic heterocycles. The van der Waals surface area contributed by atoms with Crippen LogP contribution < -0.4 is 14.9 Å². The zero-order chi connectivity index (χ0) is 19.1. The topological polar surface area (TPSA) is 97.2 Å². The Kier molecular flexibility index (Phi) is 6.57. The van der Waals surface area contributed by atoms with Crippen molar-refractivity contribution in [1.82, 2.24) is 5.43 Å². The number of methoxy groups -OCH3 is 1. The van der Waals surface area contributed by atoms with Gasteiger partial charge in [-0.05, 0) is 37.3 Å². The summed E-state index contributed by atoms with van der Waals surface area (Å²) in [7, 11) is 1.44. The van der Waals surface area contributed by atoms with E-state index in [4.69, 9.17) is 26.2 Å². The molecule has 0 radical (unpaired) electrons. The predicted octanol–water partition coefficient (Wildman–Crippen LogP) is 2.96. The lowest BCUT2D eigenvalue weighted by Gasteiger charge is -2.15. The molecule has 0 unspecified atom stereocenters. The van der Waals surface area contributed by atoms with Crippen molar-refractivity contribution in [2.24, 2.45) is 5.10 Å². The minimum absolute atomic E-state index is 0.214. The summed E-state index contributed by atoms with van der Waals surface area (Å²) in [6.07, 6.45) is 0.258. The van der Waals surface area contributed by atoms with Crippen molar-refractivity contribution in [3.05, 3.63) is 58.6 Å². The van der Waals surface area contributed by atoms with Gasteiger partial charge in [-0.2, -0.15) is 5.10 Å². The van der Waals surface area contributed by atoms with Crippen LogP contribution in [0.5, 0.6) is 11.5 Å². The first-order valence-corrected chi connectivity index (χ1v) is 7.95. The van der Waals surface area contributed by atoms with Gasteiger partial charge in [0.1, 0.15) is 0 Å². The highest BCUT2D eigenvalue weighted by Gasteiger charge is 2.18. The van der Waals surface area contributed by atoms with E-state index in [1.165, 1.54) is 26.3 Å². The molecule has 0 heterocycles. The van der Waals surface area contributed by atoms with Crippen molar-refractivity contribution < 1.29 is 24.2 Å². The zero-order valence-electron chi connectivity index (χ0n) is 14.1. The molecule has 7 nitrogen and oxygen atoms in total. The molecule has 136 valence electrons. The highest BCUT2D eigenvalue weighted by molar-refractivity contribution is 6.30. The highest BCUT2D eigenvalue weighted by atomic mass is 35.5. The molecule has 0 aliphatic rings. The van der Waals surface area contributed by atoms with Crippen molar-refractivity contribution in [1.29, 1.82) is 0 Å². The molecule has 0 aliphatic heterocycles. The minimum atomic E-state index is -1.12. The normalized spacial score (nSPS) is 11.8. The fourth-order valence-corrected chi connectivity index (χ4v) is 2.19. The number of carboxylic acids is 1. The third-order valence-corrected chi connectivity index (χ3v) is 3.56. The van der Waals surface area contributed by atoms with E-state index in [1.807, 2.05) is 0 Å². The van der Waals surface area contributed by atoms with Gasteiger partial charge in [0.25, 0.3) is 5.91 Å². The van der Waals surface area contributed by atoms with Crippen LogP contribution in [-0.4, -0.2) is 36.4 Å². The van der Waals surface area contributed by atoms with Crippen LogP contribution in [-0.2, 0) is 4.79 Å². The molecule has 1 amide bonds. The Morgan fingerprint density at radius 3 is 2.65 bits per heavy atom. The standard InChI is InChI=1S/C18H17ClN2O5/c1-11(18(23)24)26-16-13(6-4-8-15(16)25-2)10-20-21-17(22)12-5-3-7-14(19)9-12/h3-11H,1-2H3,(H,21,22)(H,23,24)/b20-10-/t11-/m0/s1. The first kappa shape index (κ1) is 19.3. The summed E-state index contributed by atoms with van der Waals surface area (Å²) < 4.78 is 10.6. The monoisotopic (exact) mass is 376 g/mol. The molecule has 0 saturated heterocycles. The quantitative estimate of drug-likeness (QED) is 0.572. The van der Waals surface area contributed by atoms with E-state index >= 15 is 0 Å². The van der Waals surface area contributed by atoms with Gasteiger partial charge in [0, 0.05) is 16.1 Å². The average Bonchev–Trinajstić information content (AvgIpc) is 2.62. The second-order valence-electron chi connectivity index (χ2n) is 5.19. The maximum Gasteiger partial charge on any atom is 0.344 e. The van der Waals surface area contributed by atoms with Crippen molar-refractivity contribution in [3.63, 3.8) is 0 Å². The Hall–Kier alpha value is -3.06. The minimum Gasteiger partial charge on any atom is -0.493 e. The predicted molar refractivity (Wildman–Crippen MR) is 97.2 cm³/mol. The number of halogens is 1. The van der Waals surface area contributed by atoms with Crippen molar-refractivity contribution in [2.75, 3.05) is 7.11 Å². The molecular formula is C18H17ClN2O5. The maximum atomic E-state index is 12.0. The fraction of sp³-hybridized carbons (Fsp3) is 0.167. The molecule has 2 aromatic rings. The van der Waals surface area contributed by atoms with Gasteiger partial charge in [0.15, 0.2) is 17.6 Å². The smallest absolute Gasteiger partial charge is 0.344 e. The summed E-state index contributed by atoms with van der Waals surface area (Å²) in [6.45, 7) is 1.40. The lowest BCUT2D eigenvalue weighted by atomic mass is 10.2. The third kappa shape index (κ3) is 4.97. The first-order chi connectivity index (χ1) is 12.4. The van der Waals surface area contributed by atoms with E-state index in [9.17, 15) is 9.59 Å². The van der Waals surface area contributed by atoms with Crippen molar-refractivity contribution in [2.45, 2.75) is 13.0 Å². The molecule has 26 heavy (non-hydrogen) atoms. The summed E-state index contributed by atoms with van der Waals surface area (Å²) in [4.78, 5) is 23.1. The number of carbonyl (C=O) groups excluding carboxylic acids is 1. The van der Waals surface area contributed by atoms with Crippen molar-refractivity contribution in [3.8, 4) is 11.5 Å². The Balaban J connectivity index is 2.18. The highest BCUT2D eigenvalue weighted by Crippen LogP contribution is 2.31. The average molecular weight is 377 g/mol. The summed E-state index contributed by atoms with van der Waals surface area (Å²) in [6, 6.07) is 11.4. The van der Waals surface area contributed by atoms with Crippen LogP contribution in [0, 0.1) is 0 Å². The summed E-state index contributed by atoms with van der Waals surface area (Å²) >= 11 is 5.85. The number of rotatable bonds is 7. The van der Waals surface area contributed by atoms with Crippen molar-refractivity contribution >= 4 is 29.7 Å². The number of nitrogens with zero attached hydrogens (tertiary/aromatic N) is 1. The zero-order valence-corrected chi connectivity index (χ0v) is 14.9. The van der Waals surface area contributed by atoms with E-state index in [0.717, 1.165) is 0 Å². The number of hydrazone groups is 1. The summed E-state index contributed by atoms with van der Waals surface area (Å²) in [5, 5.41) is 13.4. The van der Waals surface area contributed by atoms with Gasteiger partial charge in [0.2, 0.25) is 0 Å². The molecule has 0 aliphatic carbocycles. The molecule has 0 bridgehead atoms. The molecule has 1 atom stereocenters. The molecule has 8 heteroatoms. The van der Waals surface area contributed by atoms with Gasteiger partial charge in [-0.15, -0.1) is 0 Å². The fourth-order valence-electron chi connectivity index (χ4n) is 2.00. The Morgan fingerprint density at radius 2 is 2.00 bits per heavy atom. The molecule has 0 fully saturated rings. The van der Waals surface area contributed by atoms with Crippen LogP contribution in [0.4, 0.5) is 0 Å². The molecule has 2 N–H and O–H groups in total. The van der Waals surface area contributed by atoms with Gasteiger partial charge in [-0.1, -0.05) is 23.7 Å². The number of para-hydroxylation sites is 1. The number of nitrogens with one attached hydrogen (secondary N) is 1. The third-order valence-electron chi connectivity index (χ3n) is 3.33. The van der Waals surface area contributed by atoms with E-state index < -0.39 is 18.0 Å². The van der Waals surface area contributed by atoms with Crippen LogP contribution in [0.3, 0.4) is 0 Å². The molecule has 2 aromatic carbocycles. The van der Waals surface area contributed by atoms with Crippen LogP contribution in [0.25, 0.3) is 0 Å². The Labute approximate surface area is 155 Å². The maximum absolute atomic E-state index is 12.0. The number of carboxylic acid groups (broad SMARTS) is 1. The first-order valence-electron chi connectivity index (χ1n) is 7.57. The van der Waals surface area contributed by atoms with Gasteiger partial charge in [-0.25, -0.2) is 10.2 Å². The number of carbonyl (C=O) groups is 2. The SMILES string of the molecule is COc1cccc(/C=N\NC(=O)c2cccc(Cl)c2)c1O[C@@H](C)C(=O)O. The van der Waals surface area contributed by atoms with E-state index in [2.05, 4.69) is 10.5 Å². The summed E-state index contributed by atoms with van der Waals surface area (Å²) in [5.41, 5.74) is 3.18. The Morgan fingerprint density at radius 1 is 1.27 bits per heavy atom. The Bertz CT molecular complexity index is 838. The molecule has 0 saturated carbocycles. The van der Waals surface area contributed by atoms with E-state index in [-0.39, 0.29) is 5.75 Å². The van der Waals surface area contributed by atoms with Crippen LogP contribution in [0.15, 0.2) is 47.6 Å². The number of hydrogen-bond acceptors (Lipinski definition) is 5. The molecular weight excluding hydrogens is 360 g/mol. The van der Waals surface area contributed by atoms with E-state index in [1.54, 1.807) is 36.4 Å². The second kappa shape index (κ2) is 8.87. The second-order valence-corrected chi connectivity index (χ2v) is 5.62. The molecule has 2 rings (SSSR count). The largest absolute Gasteiger partial charge is 0.493 e. The number of aliphatic carboxylic acids is 1. The number of amides is 1. The lowest BCUT2D eigenvalue weighted by Crippen LogP contribution is -2.24. The number of ether oxygens (including phenoxy) is 2. The number of hydrogen-bond donors (Lipinski definition) is 2. The van der Waals surface area contributed by atoms with Gasteiger partial charge < -0.3 is 14.6 Å². The van der Waals surface area contributed by atoms with Crippen LogP contribution in [0.2, 0.25) is 5.02 Å². The van der Waals surface area contributed by atoms with Crippen LogP contribution >= 0.6 is 11.6 Å².